The standard InChI is InChI=1S/C13H27NO2/c1-10(2)11-9-13(5-7-15,6-8-16-11)12(3,4)14/h10-11,15H,5-9,14H2,1-4H3. The first kappa shape index (κ1) is 13.9. The second kappa shape index (κ2) is 5.03. The summed E-state index contributed by atoms with van der Waals surface area (Å²) >= 11 is 0. The first-order valence-corrected chi connectivity index (χ1v) is 6.34. The van der Waals surface area contributed by atoms with Crippen LogP contribution >= 0.6 is 0 Å². The number of hydrogen-bond donors (Lipinski definition) is 2. The van der Waals surface area contributed by atoms with Gasteiger partial charge >= 0.3 is 0 Å². The zero-order chi connectivity index (χ0) is 12.4. The summed E-state index contributed by atoms with van der Waals surface area (Å²) in [7, 11) is 0. The Morgan fingerprint density at radius 3 is 2.56 bits per heavy atom. The van der Waals surface area contributed by atoms with Gasteiger partial charge in [0.25, 0.3) is 0 Å². The Bertz CT molecular complexity index is 218. The van der Waals surface area contributed by atoms with Crippen molar-refractivity contribution in [3.63, 3.8) is 0 Å². The predicted octanol–water partition coefficient (Wildman–Crippen LogP) is 1.93. The van der Waals surface area contributed by atoms with Crippen molar-refractivity contribution in [2.24, 2.45) is 17.1 Å². The molecule has 0 aromatic rings. The quantitative estimate of drug-likeness (QED) is 0.774. The van der Waals surface area contributed by atoms with Gasteiger partial charge in [0.2, 0.25) is 0 Å². The van der Waals surface area contributed by atoms with E-state index in [2.05, 4.69) is 27.7 Å². The molecule has 0 spiro atoms. The van der Waals surface area contributed by atoms with Gasteiger partial charge in [0, 0.05) is 18.8 Å². The highest BCUT2D eigenvalue weighted by atomic mass is 16.5. The van der Waals surface area contributed by atoms with Crippen molar-refractivity contribution in [3.05, 3.63) is 0 Å². The third-order valence-corrected chi connectivity index (χ3v) is 4.21. The number of aliphatic hydroxyl groups excluding tert-OH is 1. The summed E-state index contributed by atoms with van der Waals surface area (Å²) in [4.78, 5) is 0. The number of nitrogens with two attached hydrogens (primary N) is 1. The lowest BCUT2D eigenvalue weighted by atomic mass is 9.63. The molecule has 0 bridgehead atoms. The molecular weight excluding hydrogens is 202 g/mol. The van der Waals surface area contributed by atoms with Crippen LogP contribution in [0.4, 0.5) is 0 Å². The zero-order valence-electron chi connectivity index (χ0n) is 11.1. The summed E-state index contributed by atoms with van der Waals surface area (Å²) in [5.41, 5.74) is 6.09. The van der Waals surface area contributed by atoms with Gasteiger partial charge in [-0.1, -0.05) is 13.8 Å². The number of hydrogen-bond acceptors (Lipinski definition) is 3. The lowest BCUT2D eigenvalue weighted by molar-refractivity contribution is -0.0982. The van der Waals surface area contributed by atoms with Crippen LogP contribution in [0.5, 0.6) is 0 Å². The van der Waals surface area contributed by atoms with Crippen LogP contribution in [0.1, 0.15) is 47.0 Å². The average Bonchev–Trinajstić information content (AvgIpc) is 2.17. The zero-order valence-corrected chi connectivity index (χ0v) is 11.1. The van der Waals surface area contributed by atoms with E-state index in [9.17, 15) is 5.11 Å². The van der Waals surface area contributed by atoms with E-state index in [0.717, 1.165) is 25.9 Å². The Morgan fingerprint density at radius 1 is 1.50 bits per heavy atom. The molecule has 3 N–H and O–H groups in total. The minimum absolute atomic E-state index is 0.0228. The van der Waals surface area contributed by atoms with Crippen LogP contribution in [0.25, 0.3) is 0 Å². The molecule has 3 nitrogen and oxygen atoms in total. The molecule has 0 aliphatic carbocycles. The van der Waals surface area contributed by atoms with E-state index in [4.69, 9.17) is 10.5 Å². The molecule has 1 saturated heterocycles. The smallest absolute Gasteiger partial charge is 0.0604 e. The number of aliphatic hydroxyl groups is 1. The van der Waals surface area contributed by atoms with Crippen LogP contribution in [0.3, 0.4) is 0 Å². The van der Waals surface area contributed by atoms with E-state index in [0.29, 0.717) is 5.92 Å². The summed E-state index contributed by atoms with van der Waals surface area (Å²) in [5.74, 6) is 0.515. The third-order valence-electron chi connectivity index (χ3n) is 4.21. The Balaban J connectivity index is 2.85. The molecule has 0 radical (unpaired) electrons. The summed E-state index contributed by atoms with van der Waals surface area (Å²) in [6.45, 7) is 9.50. The van der Waals surface area contributed by atoms with Crippen LogP contribution in [0.2, 0.25) is 0 Å². The maximum Gasteiger partial charge on any atom is 0.0604 e. The van der Waals surface area contributed by atoms with Crippen molar-refractivity contribution >= 4 is 0 Å². The van der Waals surface area contributed by atoms with Gasteiger partial charge in [0.05, 0.1) is 6.10 Å². The topological polar surface area (TPSA) is 55.5 Å². The summed E-state index contributed by atoms with van der Waals surface area (Å²) < 4.78 is 5.80. The molecule has 1 aliphatic rings. The van der Waals surface area contributed by atoms with Gasteiger partial charge in [-0.25, -0.2) is 0 Å². The van der Waals surface area contributed by atoms with E-state index in [-0.39, 0.29) is 23.7 Å². The fourth-order valence-electron chi connectivity index (χ4n) is 2.73. The Labute approximate surface area is 99.4 Å². The van der Waals surface area contributed by atoms with Crippen LogP contribution in [-0.4, -0.2) is 30.0 Å². The SMILES string of the molecule is CC(C)C1CC(CCO)(C(C)(C)N)CCO1. The molecular formula is C13H27NO2. The molecule has 0 aromatic carbocycles. The first-order valence-electron chi connectivity index (χ1n) is 6.34. The average molecular weight is 229 g/mol. The fourth-order valence-corrected chi connectivity index (χ4v) is 2.73. The Kier molecular flexibility index (Phi) is 4.38. The van der Waals surface area contributed by atoms with Gasteiger partial charge in [-0.15, -0.1) is 0 Å². The first-order chi connectivity index (χ1) is 7.32. The van der Waals surface area contributed by atoms with E-state index < -0.39 is 0 Å². The third kappa shape index (κ3) is 2.76. The van der Waals surface area contributed by atoms with Crippen LogP contribution < -0.4 is 5.73 Å². The van der Waals surface area contributed by atoms with Crippen molar-refractivity contribution in [2.75, 3.05) is 13.2 Å². The second-order valence-electron chi connectivity index (χ2n) is 6.08. The molecule has 2 atom stereocenters. The van der Waals surface area contributed by atoms with E-state index >= 15 is 0 Å². The second-order valence-corrected chi connectivity index (χ2v) is 6.08. The van der Waals surface area contributed by atoms with Gasteiger partial charge in [-0.05, 0) is 44.4 Å². The molecule has 2 unspecified atom stereocenters. The van der Waals surface area contributed by atoms with E-state index in [1.807, 2.05) is 0 Å². The van der Waals surface area contributed by atoms with Gasteiger partial charge in [0.1, 0.15) is 0 Å². The minimum Gasteiger partial charge on any atom is -0.396 e. The molecule has 1 heterocycles. The highest BCUT2D eigenvalue weighted by molar-refractivity contribution is 5.00. The molecule has 1 rings (SSSR count). The summed E-state index contributed by atoms with van der Waals surface area (Å²) in [6.07, 6.45) is 2.99. The fraction of sp³-hybridized carbons (Fsp3) is 1.00. The molecule has 0 aromatic heterocycles. The van der Waals surface area contributed by atoms with E-state index in [1.165, 1.54) is 0 Å². The van der Waals surface area contributed by atoms with Crippen LogP contribution in [0, 0.1) is 11.3 Å². The highest BCUT2D eigenvalue weighted by Crippen LogP contribution is 2.45. The molecule has 96 valence electrons. The predicted molar refractivity (Wildman–Crippen MR) is 66.2 cm³/mol. The lowest BCUT2D eigenvalue weighted by Gasteiger charge is -2.50. The summed E-state index contributed by atoms with van der Waals surface area (Å²) in [5, 5.41) is 9.28. The Morgan fingerprint density at radius 2 is 2.12 bits per heavy atom. The highest BCUT2D eigenvalue weighted by Gasteiger charge is 2.46. The van der Waals surface area contributed by atoms with E-state index in [1.54, 1.807) is 0 Å². The van der Waals surface area contributed by atoms with Crippen LogP contribution in [0.15, 0.2) is 0 Å². The molecule has 3 heteroatoms. The molecule has 16 heavy (non-hydrogen) atoms. The molecule has 1 fully saturated rings. The van der Waals surface area contributed by atoms with Crippen molar-refractivity contribution in [3.8, 4) is 0 Å². The molecule has 0 amide bonds. The number of rotatable bonds is 4. The van der Waals surface area contributed by atoms with Crippen molar-refractivity contribution in [2.45, 2.75) is 58.6 Å². The van der Waals surface area contributed by atoms with Gasteiger partial charge in [-0.2, -0.15) is 0 Å². The monoisotopic (exact) mass is 229 g/mol. The molecule has 0 saturated carbocycles. The van der Waals surface area contributed by atoms with Gasteiger partial charge in [-0.3, -0.25) is 0 Å². The Hall–Kier alpha value is -0.120. The number of ether oxygens (including phenoxy) is 1. The maximum absolute atomic E-state index is 9.28. The summed E-state index contributed by atoms with van der Waals surface area (Å²) in [6, 6.07) is 0. The van der Waals surface area contributed by atoms with Gasteiger partial charge < -0.3 is 15.6 Å². The molecule has 1 aliphatic heterocycles. The van der Waals surface area contributed by atoms with Crippen molar-refractivity contribution in [1.29, 1.82) is 0 Å². The minimum atomic E-state index is -0.257. The van der Waals surface area contributed by atoms with Gasteiger partial charge in [0.15, 0.2) is 0 Å². The maximum atomic E-state index is 9.28. The lowest BCUT2D eigenvalue weighted by Crippen LogP contribution is -2.56. The van der Waals surface area contributed by atoms with Crippen molar-refractivity contribution in [1.82, 2.24) is 0 Å². The van der Waals surface area contributed by atoms with Crippen molar-refractivity contribution < 1.29 is 9.84 Å². The van der Waals surface area contributed by atoms with Crippen LogP contribution in [-0.2, 0) is 4.74 Å². The normalized spacial score (nSPS) is 32.1. The largest absolute Gasteiger partial charge is 0.396 e.